The molecule has 0 spiro atoms. The molecule has 3 aromatic rings. The minimum absolute atomic E-state index is 0.405. The smallest absolute Gasteiger partial charge is 0.249 e. The molecule has 0 atom stereocenters. The molecule has 1 aromatic heterocycles. The second kappa shape index (κ2) is 7.68. The van der Waals surface area contributed by atoms with Crippen molar-refractivity contribution in [2.75, 3.05) is 10.6 Å². The lowest BCUT2D eigenvalue weighted by Gasteiger charge is -2.09. The standard InChI is InChI=1S/C18H17Cl2N5/c1-11(2)12-3-5-13(6-4-12)23-18-24-17(10-21-25-18)22-14-7-8-15(19)16(20)9-14/h3-11H,1-2H3,(H2,22,23,24,25). The van der Waals surface area contributed by atoms with Gasteiger partial charge in [0.2, 0.25) is 5.95 Å². The topological polar surface area (TPSA) is 62.7 Å². The van der Waals surface area contributed by atoms with Gasteiger partial charge in [-0.05, 0) is 41.8 Å². The maximum atomic E-state index is 6.02. The second-order valence-electron chi connectivity index (χ2n) is 5.82. The lowest BCUT2D eigenvalue weighted by Crippen LogP contribution is -2.02. The molecule has 128 valence electrons. The first-order valence-electron chi connectivity index (χ1n) is 7.80. The van der Waals surface area contributed by atoms with E-state index in [1.165, 1.54) is 11.8 Å². The molecule has 0 fully saturated rings. The van der Waals surface area contributed by atoms with Crippen LogP contribution < -0.4 is 10.6 Å². The summed E-state index contributed by atoms with van der Waals surface area (Å²) >= 11 is 11.9. The summed E-state index contributed by atoms with van der Waals surface area (Å²) in [6, 6.07) is 13.4. The predicted molar refractivity (Wildman–Crippen MR) is 103 cm³/mol. The summed E-state index contributed by atoms with van der Waals surface area (Å²) in [7, 11) is 0. The normalized spacial score (nSPS) is 10.8. The highest BCUT2D eigenvalue weighted by Crippen LogP contribution is 2.26. The average Bonchev–Trinajstić information content (AvgIpc) is 2.59. The van der Waals surface area contributed by atoms with Crippen LogP contribution in [0.15, 0.2) is 48.7 Å². The van der Waals surface area contributed by atoms with Gasteiger partial charge in [0.05, 0.1) is 16.2 Å². The fourth-order valence-corrected chi connectivity index (χ4v) is 2.52. The number of anilines is 4. The van der Waals surface area contributed by atoms with Crippen molar-refractivity contribution in [1.29, 1.82) is 0 Å². The Morgan fingerprint density at radius 1 is 0.880 bits per heavy atom. The predicted octanol–water partition coefficient (Wildman–Crippen LogP) is 5.79. The van der Waals surface area contributed by atoms with Crippen molar-refractivity contribution in [1.82, 2.24) is 15.2 Å². The van der Waals surface area contributed by atoms with Crippen molar-refractivity contribution in [2.24, 2.45) is 0 Å². The number of hydrogen-bond donors (Lipinski definition) is 2. The first kappa shape index (κ1) is 17.5. The molecule has 0 aliphatic rings. The molecule has 1 heterocycles. The number of nitrogens with one attached hydrogen (secondary N) is 2. The van der Waals surface area contributed by atoms with Crippen LogP contribution in [0.3, 0.4) is 0 Å². The number of halogens is 2. The number of nitrogens with zero attached hydrogens (tertiary/aromatic N) is 3. The van der Waals surface area contributed by atoms with Gasteiger partial charge in [-0.15, -0.1) is 5.10 Å². The molecule has 0 unspecified atom stereocenters. The Bertz CT molecular complexity index is 866. The largest absolute Gasteiger partial charge is 0.339 e. The highest BCUT2D eigenvalue weighted by atomic mass is 35.5. The molecule has 3 rings (SSSR count). The molecule has 0 radical (unpaired) electrons. The Balaban J connectivity index is 1.73. The average molecular weight is 374 g/mol. The van der Waals surface area contributed by atoms with Crippen LogP contribution in [0.5, 0.6) is 0 Å². The summed E-state index contributed by atoms with van der Waals surface area (Å²) < 4.78 is 0. The number of aromatic nitrogens is 3. The van der Waals surface area contributed by atoms with Gasteiger partial charge in [0.15, 0.2) is 5.82 Å². The van der Waals surface area contributed by atoms with Gasteiger partial charge in [-0.1, -0.05) is 49.2 Å². The fourth-order valence-electron chi connectivity index (χ4n) is 2.22. The van der Waals surface area contributed by atoms with Gasteiger partial charge in [0.1, 0.15) is 0 Å². The summed E-state index contributed by atoms with van der Waals surface area (Å²) in [4.78, 5) is 4.40. The zero-order valence-corrected chi connectivity index (χ0v) is 15.3. The fraction of sp³-hybridized carbons (Fsp3) is 0.167. The maximum Gasteiger partial charge on any atom is 0.249 e. The van der Waals surface area contributed by atoms with Gasteiger partial charge in [0, 0.05) is 11.4 Å². The molecule has 25 heavy (non-hydrogen) atoms. The molecule has 2 aromatic carbocycles. The molecular weight excluding hydrogens is 357 g/mol. The van der Waals surface area contributed by atoms with E-state index < -0.39 is 0 Å². The summed E-state index contributed by atoms with van der Waals surface area (Å²) in [6.07, 6.45) is 1.54. The van der Waals surface area contributed by atoms with Gasteiger partial charge in [0.25, 0.3) is 0 Å². The minimum atomic E-state index is 0.405. The Kier molecular flexibility index (Phi) is 5.36. The molecule has 0 bridgehead atoms. The van der Waals surface area contributed by atoms with Crippen LogP contribution in [0.25, 0.3) is 0 Å². The first-order valence-corrected chi connectivity index (χ1v) is 8.55. The van der Waals surface area contributed by atoms with Crippen LogP contribution in [0.2, 0.25) is 10.0 Å². The molecule has 0 saturated heterocycles. The second-order valence-corrected chi connectivity index (χ2v) is 6.64. The molecule has 0 aliphatic carbocycles. The van der Waals surface area contributed by atoms with E-state index in [1.807, 2.05) is 18.2 Å². The molecule has 0 amide bonds. The van der Waals surface area contributed by atoms with Gasteiger partial charge in [-0.2, -0.15) is 10.1 Å². The van der Waals surface area contributed by atoms with Gasteiger partial charge in [-0.25, -0.2) is 0 Å². The van der Waals surface area contributed by atoms with E-state index in [0.717, 1.165) is 11.4 Å². The highest BCUT2D eigenvalue weighted by Gasteiger charge is 2.05. The van der Waals surface area contributed by atoms with E-state index in [1.54, 1.807) is 12.1 Å². The van der Waals surface area contributed by atoms with Crippen LogP contribution in [0.4, 0.5) is 23.1 Å². The quantitative estimate of drug-likeness (QED) is 0.592. The Morgan fingerprint density at radius 3 is 2.28 bits per heavy atom. The van der Waals surface area contributed by atoms with Gasteiger partial charge < -0.3 is 10.6 Å². The van der Waals surface area contributed by atoms with Crippen LogP contribution >= 0.6 is 23.2 Å². The monoisotopic (exact) mass is 373 g/mol. The minimum Gasteiger partial charge on any atom is -0.339 e. The van der Waals surface area contributed by atoms with E-state index in [2.05, 4.69) is 51.8 Å². The Hall–Kier alpha value is -2.37. The molecular formula is C18H17Cl2N5. The van der Waals surface area contributed by atoms with Crippen molar-refractivity contribution in [2.45, 2.75) is 19.8 Å². The highest BCUT2D eigenvalue weighted by molar-refractivity contribution is 6.42. The van der Waals surface area contributed by atoms with Crippen molar-refractivity contribution >= 4 is 46.3 Å². The van der Waals surface area contributed by atoms with E-state index in [-0.39, 0.29) is 0 Å². The first-order chi connectivity index (χ1) is 12.0. The third-order valence-corrected chi connectivity index (χ3v) is 4.32. The maximum absolute atomic E-state index is 6.02. The number of benzene rings is 2. The van der Waals surface area contributed by atoms with E-state index >= 15 is 0 Å². The van der Waals surface area contributed by atoms with Gasteiger partial charge in [-0.3, -0.25) is 0 Å². The van der Waals surface area contributed by atoms with Crippen molar-refractivity contribution in [3.8, 4) is 0 Å². The zero-order valence-electron chi connectivity index (χ0n) is 13.8. The molecule has 0 saturated carbocycles. The molecule has 7 heteroatoms. The summed E-state index contributed by atoms with van der Waals surface area (Å²) in [5, 5.41) is 15.2. The molecule has 5 nitrogen and oxygen atoms in total. The number of rotatable bonds is 5. The third kappa shape index (κ3) is 4.59. The van der Waals surface area contributed by atoms with Crippen molar-refractivity contribution < 1.29 is 0 Å². The van der Waals surface area contributed by atoms with Crippen molar-refractivity contribution in [3.05, 3.63) is 64.3 Å². The van der Waals surface area contributed by atoms with Crippen molar-refractivity contribution in [3.63, 3.8) is 0 Å². The van der Waals surface area contributed by atoms with Crippen LogP contribution in [-0.2, 0) is 0 Å². The summed E-state index contributed by atoms with van der Waals surface area (Å²) in [5.74, 6) is 1.45. The Labute approximate surface area is 156 Å². The van der Waals surface area contributed by atoms with Crippen LogP contribution in [0, 0.1) is 0 Å². The molecule has 0 aliphatic heterocycles. The van der Waals surface area contributed by atoms with E-state index in [4.69, 9.17) is 23.2 Å². The number of hydrogen-bond acceptors (Lipinski definition) is 5. The summed E-state index contributed by atoms with van der Waals surface area (Å²) in [5.41, 5.74) is 2.94. The van der Waals surface area contributed by atoms with E-state index in [9.17, 15) is 0 Å². The van der Waals surface area contributed by atoms with Crippen LogP contribution in [-0.4, -0.2) is 15.2 Å². The summed E-state index contributed by atoms with van der Waals surface area (Å²) in [6.45, 7) is 4.32. The van der Waals surface area contributed by atoms with E-state index in [0.29, 0.717) is 27.7 Å². The SMILES string of the molecule is CC(C)c1ccc(Nc2nncc(Nc3ccc(Cl)c(Cl)c3)n2)cc1. The van der Waals surface area contributed by atoms with Crippen LogP contribution in [0.1, 0.15) is 25.3 Å². The molecule has 2 N–H and O–H groups in total. The lowest BCUT2D eigenvalue weighted by molar-refractivity contribution is 0.867. The third-order valence-electron chi connectivity index (χ3n) is 3.58. The zero-order chi connectivity index (χ0) is 17.8. The lowest BCUT2D eigenvalue weighted by atomic mass is 10.0. The van der Waals surface area contributed by atoms with Gasteiger partial charge >= 0.3 is 0 Å². The Morgan fingerprint density at radius 2 is 1.60 bits per heavy atom.